The van der Waals surface area contributed by atoms with Crippen LogP contribution in [0.5, 0.6) is 0 Å². The molecule has 0 aliphatic carbocycles. The highest BCUT2D eigenvalue weighted by atomic mass is 19.2. The van der Waals surface area contributed by atoms with E-state index in [1.165, 1.54) is 6.07 Å². The summed E-state index contributed by atoms with van der Waals surface area (Å²) < 4.78 is 27.4. The number of likely N-dealkylation sites (tertiary alicyclic amines) is 1. The number of aromatic carboxylic acids is 1. The van der Waals surface area contributed by atoms with E-state index >= 15 is 0 Å². The third-order valence-electron chi connectivity index (χ3n) is 3.88. The monoisotopic (exact) mass is 284 g/mol. The van der Waals surface area contributed by atoms with E-state index < -0.39 is 23.2 Å². The molecule has 4 nitrogen and oxygen atoms in total. The molecule has 1 aromatic rings. The molecule has 0 saturated carbocycles. The molecule has 1 aromatic carbocycles. The lowest BCUT2D eigenvalue weighted by Gasteiger charge is -2.35. The van der Waals surface area contributed by atoms with Crippen molar-refractivity contribution in [2.45, 2.75) is 31.8 Å². The maximum absolute atomic E-state index is 13.8. The smallest absolute Gasteiger partial charge is 0.338 e. The second kappa shape index (κ2) is 5.75. The topological polar surface area (TPSA) is 52.6 Å². The van der Waals surface area contributed by atoms with E-state index in [1.54, 1.807) is 0 Å². The van der Waals surface area contributed by atoms with Gasteiger partial charge in [-0.1, -0.05) is 0 Å². The molecule has 0 aromatic heterocycles. The van der Waals surface area contributed by atoms with Crippen LogP contribution in [0, 0.1) is 11.6 Å². The van der Waals surface area contributed by atoms with Crippen molar-refractivity contribution in [2.75, 3.05) is 18.9 Å². The summed E-state index contributed by atoms with van der Waals surface area (Å²) in [5, 5.41) is 11.7. The molecular weight excluding hydrogens is 266 g/mol. The van der Waals surface area contributed by atoms with Gasteiger partial charge in [-0.05, 0) is 38.9 Å². The lowest BCUT2D eigenvalue weighted by Crippen LogP contribution is -2.42. The number of hydrogen-bond donors (Lipinski definition) is 2. The Morgan fingerprint density at radius 2 is 2.10 bits per heavy atom. The number of carboxylic acids is 1. The van der Waals surface area contributed by atoms with Gasteiger partial charge in [0, 0.05) is 18.6 Å². The Hall–Kier alpha value is -1.69. The zero-order chi connectivity index (χ0) is 14.9. The molecule has 110 valence electrons. The van der Waals surface area contributed by atoms with Crippen LogP contribution in [0.2, 0.25) is 0 Å². The molecule has 20 heavy (non-hydrogen) atoms. The number of rotatable bonds is 3. The highest BCUT2D eigenvalue weighted by Gasteiger charge is 2.25. The summed E-state index contributed by atoms with van der Waals surface area (Å²) in [6.45, 7) is 2.97. The number of piperidine rings is 1. The zero-order valence-electron chi connectivity index (χ0n) is 11.5. The fraction of sp³-hybridized carbons (Fsp3) is 0.500. The minimum absolute atomic E-state index is 0.0225. The van der Waals surface area contributed by atoms with Crippen LogP contribution in [0.25, 0.3) is 0 Å². The van der Waals surface area contributed by atoms with Crippen molar-refractivity contribution in [1.82, 2.24) is 4.90 Å². The highest BCUT2D eigenvalue weighted by molar-refractivity contribution is 5.88. The molecule has 0 bridgehead atoms. The van der Waals surface area contributed by atoms with E-state index in [9.17, 15) is 13.6 Å². The van der Waals surface area contributed by atoms with Crippen LogP contribution in [0.3, 0.4) is 0 Å². The Bertz CT molecular complexity index is 522. The molecule has 0 radical (unpaired) electrons. The normalized spacial score (nSPS) is 23.6. The SMILES string of the molecule is CC1CC(Nc2ccc(C(=O)O)c(F)c2F)CCN1C. The first kappa shape index (κ1) is 14.7. The molecule has 1 aliphatic heterocycles. The summed E-state index contributed by atoms with van der Waals surface area (Å²) in [7, 11) is 2.03. The van der Waals surface area contributed by atoms with E-state index in [0.29, 0.717) is 6.04 Å². The molecular formula is C14H18F2N2O2. The largest absolute Gasteiger partial charge is 0.478 e. The van der Waals surface area contributed by atoms with Crippen molar-refractivity contribution in [3.63, 3.8) is 0 Å². The Morgan fingerprint density at radius 3 is 2.70 bits per heavy atom. The standard InChI is InChI=1S/C14H18F2N2O2/c1-8-7-9(5-6-18(8)2)17-11-4-3-10(14(19)20)12(15)13(11)16/h3-4,8-9,17H,5-7H2,1-2H3,(H,19,20). The summed E-state index contributed by atoms with van der Waals surface area (Å²) in [6, 6.07) is 2.80. The second-order valence-corrected chi connectivity index (χ2v) is 5.29. The molecule has 2 atom stereocenters. The number of nitrogens with zero attached hydrogens (tertiary/aromatic N) is 1. The van der Waals surface area contributed by atoms with Crippen LogP contribution >= 0.6 is 0 Å². The van der Waals surface area contributed by atoms with Crippen molar-refractivity contribution in [3.05, 3.63) is 29.3 Å². The van der Waals surface area contributed by atoms with E-state index in [1.807, 2.05) is 7.05 Å². The highest BCUT2D eigenvalue weighted by Crippen LogP contribution is 2.25. The van der Waals surface area contributed by atoms with E-state index in [0.717, 1.165) is 25.5 Å². The average Bonchev–Trinajstić information content (AvgIpc) is 2.39. The third-order valence-corrected chi connectivity index (χ3v) is 3.88. The molecule has 6 heteroatoms. The van der Waals surface area contributed by atoms with Crippen molar-refractivity contribution in [2.24, 2.45) is 0 Å². The molecule has 1 fully saturated rings. The predicted molar refractivity (Wildman–Crippen MR) is 72.1 cm³/mol. The number of benzene rings is 1. The van der Waals surface area contributed by atoms with Gasteiger partial charge in [0.25, 0.3) is 0 Å². The first-order valence-corrected chi connectivity index (χ1v) is 6.58. The van der Waals surface area contributed by atoms with Gasteiger partial charge in [0.2, 0.25) is 0 Å². The minimum atomic E-state index is -1.47. The number of carboxylic acid groups (broad SMARTS) is 1. The van der Waals surface area contributed by atoms with Gasteiger partial charge in [-0.3, -0.25) is 0 Å². The summed E-state index contributed by atoms with van der Waals surface area (Å²) in [5.74, 6) is -3.92. The molecule has 0 amide bonds. The molecule has 1 aliphatic rings. The molecule has 2 N–H and O–H groups in total. The van der Waals surface area contributed by atoms with Crippen LogP contribution in [-0.2, 0) is 0 Å². The number of anilines is 1. The number of hydrogen-bond acceptors (Lipinski definition) is 3. The van der Waals surface area contributed by atoms with Gasteiger partial charge >= 0.3 is 5.97 Å². The van der Waals surface area contributed by atoms with Crippen LogP contribution in [0.4, 0.5) is 14.5 Å². The second-order valence-electron chi connectivity index (χ2n) is 5.29. The quantitative estimate of drug-likeness (QED) is 0.895. The molecule has 0 spiro atoms. The lowest BCUT2D eigenvalue weighted by molar-refractivity contribution is 0.0690. The van der Waals surface area contributed by atoms with Gasteiger partial charge in [-0.25, -0.2) is 13.6 Å². The van der Waals surface area contributed by atoms with E-state index in [-0.39, 0.29) is 11.7 Å². The van der Waals surface area contributed by atoms with Crippen molar-refractivity contribution < 1.29 is 18.7 Å². The van der Waals surface area contributed by atoms with E-state index in [4.69, 9.17) is 5.11 Å². The van der Waals surface area contributed by atoms with Crippen LogP contribution < -0.4 is 5.32 Å². The fourth-order valence-corrected chi connectivity index (χ4v) is 2.47. The zero-order valence-corrected chi connectivity index (χ0v) is 11.5. The Balaban J connectivity index is 2.14. The number of halogens is 2. The van der Waals surface area contributed by atoms with Gasteiger partial charge in [-0.2, -0.15) is 0 Å². The summed E-state index contributed by atoms with van der Waals surface area (Å²) in [6.07, 6.45) is 1.67. The lowest BCUT2D eigenvalue weighted by atomic mass is 9.98. The molecule has 2 unspecified atom stereocenters. The molecule has 1 saturated heterocycles. The van der Waals surface area contributed by atoms with Gasteiger partial charge in [0.05, 0.1) is 11.3 Å². The maximum Gasteiger partial charge on any atom is 0.338 e. The Labute approximate surface area is 116 Å². The third kappa shape index (κ3) is 2.90. The number of carbonyl (C=O) groups is 1. The summed E-state index contributed by atoms with van der Waals surface area (Å²) in [4.78, 5) is 12.9. The van der Waals surface area contributed by atoms with Crippen LogP contribution in [-0.4, -0.2) is 41.7 Å². The molecule has 1 heterocycles. The summed E-state index contributed by atoms with van der Waals surface area (Å²) >= 11 is 0. The summed E-state index contributed by atoms with van der Waals surface area (Å²) in [5.41, 5.74) is -0.626. The van der Waals surface area contributed by atoms with Crippen molar-refractivity contribution >= 4 is 11.7 Å². The van der Waals surface area contributed by atoms with Gasteiger partial charge in [-0.15, -0.1) is 0 Å². The minimum Gasteiger partial charge on any atom is -0.478 e. The fourth-order valence-electron chi connectivity index (χ4n) is 2.47. The maximum atomic E-state index is 13.8. The average molecular weight is 284 g/mol. The van der Waals surface area contributed by atoms with Crippen LogP contribution in [0.1, 0.15) is 30.1 Å². The van der Waals surface area contributed by atoms with Gasteiger partial charge < -0.3 is 15.3 Å². The van der Waals surface area contributed by atoms with E-state index in [2.05, 4.69) is 17.1 Å². The van der Waals surface area contributed by atoms with Crippen LogP contribution in [0.15, 0.2) is 12.1 Å². The van der Waals surface area contributed by atoms with Crippen molar-refractivity contribution in [3.8, 4) is 0 Å². The first-order valence-electron chi connectivity index (χ1n) is 6.58. The van der Waals surface area contributed by atoms with Gasteiger partial charge in [0.15, 0.2) is 11.6 Å². The Morgan fingerprint density at radius 1 is 1.40 bits per heavy atom. The van der Waals surface area contributed by atoms with Gasteiger partial charge in [0.1, 0.15) is 0 Å². The molecule has 2 rings (SSSR count). The Kier molecular flexibility index (Phi) is 4.23. The van der Waals surface area contributed by atoms with Crippen molar-refractivity contribution in [1.29, 1.82) is 0 Å². The first-order chi connectivity index (χ1) is 9.40. The number of nitrogens with one attached hydrogen (secondary N) is 1. The predicted octanol–water partition coefficient (Wildman–Crippen LogP) is 2.56.